The summed E-state index contributed by atoms with van der Waals surface area (Å²) in [5.74, 6) is 2.31. The third-order valence-electron chi connectivity index (χ3n) is 4.49. The number of amides is 1. The van der Waals surface area contributed by atoms with Crippen molar-refractivity contribution in [2.75, 3.05) is 13.2 Å². The van der Waals surface area contributed by atoms with Gasteiger partial charge in [0.2, 0.25) is 5.91 Å². The average molecular weight is 273 g/mol. The van der Waals surface area contributed by atoms with Crippen LogP contribution in [-0.4, -0.2) is 19.1 Å². The van der Waals surface area contributed by atoms with Gasteiger partial charge < -0.3 is 10.1 Å². The fraction of sp³-hybridized carbons (Fsp3) is 0.588. The fourth-order valence-electron chi connectivity index (χ4n) is 3.22. The Balaban J connectivity index is 1.23. The van der Waals surface area contributed by atoms with Gasteiger partial charge in [-0.3, -0.25) is 4.79 Å². The van der Waals surface area contributed by atoms with E-state index in [9.17, 15) is 4.79 Å². The summed E-state index contributed by atoms with van der Waals surface area (Å²) in [6.07, 6.45) is 4.51. The molecule has 2 unspecified atom stereocenters. The summed E-state index contributed by atoms with van der Waals surface area (Å²) in [7, 11) is 0. The van der Waals surface area contributed by atoms with Crippen molar-refractivity contribution in [3.63, 3.8) is 0 Å². The van der Waals surface area contributed by atoms with Crippen molar-refractivity contribution >= 4 is 5.91 Å². The predicted molar refractivity (Wildman–Crippen MR) is 78.0 cm³/mol. The van der Waals surface area contributed by atoms with Gasteiger partial charge in [0.15, 0.2) is 0 Å². The Bertz CT molecular complexity index is 436. The standard InChI is InChI=1S/C17H23NO2/c19-17(16-10-14-9-15(14)11-16)18-7-4-8-20-12-13-5-2-1-3-6-13/h1-3,5-6,14-16H,4,7-12H2,(H,18,19). The van der Waals surface area contributed by atoms with Gasteiger partial charge in [-0.15, -0.1) is 0 Å². The zero-order chi connectivity index (χ0) is 13.8. The minimum absolute atomic E-state index is 0.264. The third kappa shape index (κ3) is 3.60. The summed E-state index contributed by atoms with van der Waals surface area (Å²) in [5, 5.41) is 3.05. The van der Waals surface area contributed by atoms with Crippen molar-refractivity contribution < 1.29 is 9.53 Å². The van der Waals surface area contributed by atoms with Crippen LogP contribution < -0.4 is 5.32 Å². The van der Waals surface area contributed by atoms with Gasteiger partial charge in [0.1, 0.15) is 0 Å². The van der Waals surface area contributed by atoms with E-state index in [1.807, 2.05) is 18.2 Å². The fourth-order valence-corrected chi connectivity index (χ4v) is 3.22. The Morgan fingerprint density at radius 3 is 2.65 bits per heavy atom. The van der Waals surface area contributed by atoms with Gasteiger partial charge in [0.05, 0.1) is 6.61 Å². The van der Waals surface area contributed by atoms with Crippen LogP contribution in [0.3, 0.4) is 0 Å². The molecule has 0 heterocycles. The molecule has 3 heteroatoms. The Morgan fingerprint density at radius 1 is 1.15 bits per heavy atom. The maximum Gasteiger partial charge on any atom is 0.223 e. The monoisotopic (exact) mass is 273 g/mol. The summed E-state index contributed by atoms with van der Waals surface area (Å²) >= 11 is 0. The molecule has 0 bridgehead atoms. The number of hydrogen-bond acceptors (Lipinski definition) is 2. The summed E-state index contributed by atoms with van der Waals surface area (Å²) in [6, 6.07) is 10.2. The van der Waals surface area contributed by atoms with Gasteiger partial charge in [0, 0.05) is 19.1 Å². The maximum atomic E-state index is 11.9. The minimum Gasteiger partial charge on any atom is -0.377 e. The van der Waals surface area contributed by atoms with Gasteiger partial charge in [-0.05, 0) is 43.1 Å². The van der Waals surface area contributed by atoms with Crippen molar-refractivity contribution in [2.24, 2.45) is 17.8 Å². The van der Waals surface area contributed by atoms with Crippen LogP contribution in [0.4, 0.5) is 0 Å². The molecule has 0 saturated heterocycles. The first-order valence-electron chi connectivity index (χ1n) is 7.72. The van der Waals surface area contributed by atoms with Crippen LogP contribution in [0.15, 0.2) is 30.3 Å². The van der Waals surface area contributed by atoms with Crippen LogP contribution in [0.1, 0.15) is 31.2 Å². The highest BCUT2D eigenvalue weighted by Crippen LogP contribution is 2.54. The number of benzene rings is 1. The van der Waals surface area contributed by atoms with E-state index >= 15 is 0 Å². The number of hydrogen-bond donors (Lipinski definition) is 1. The molecule has 2 aliphatic carbocycles. The Kier molecular flexibility index (Phi) is 4.36. The number of rotatable bonds is 7. The quantitative estimate of drug-likeness (QED) is 0.776. The second-order valence-corrected chi connectivity index (χ2v) is 6.11. The summed E-state index contributed by atoms with van der Waals surface area (Å²) < 4.78 is 5.60. The van der Waals surface area contributed by atoms with E-state index in [0.29, 0.717) is 19.1 Å². The lowest BCUT2D eigenvalue weighted by Crippen LogP contribution is -2.31. The molecule has 3 rings (SSSR count). The van der Waals surface area contributed by atoms with E-state index in [4.69, 9.17) is 4.74 Å². The molecule has 1 aromatic rings. The average Bonchev–Trinajstić information content (AvgIpc) is 3.09. The molecule has 2 atom stereocenters. The molecule has 2 saturated carbocycles. The number of carbonyl (C=O) groups is 1. The Labute approximate surface area is 120 Å². The molecule has 3 nitrogen and oxygen atoms in total. The molecule has 0 aromatic heterocycles. The molecule has 0 radical (unpaired) electrons. The highest BCUT2D eigenvalue weighted by Gasteiger charge is 2.47. The van der Waals surface area contributed by atoms with Crippen molar-refractivity contribution in [2.45, 2.75) is 32.3 Å². The van der Waals surface area contributed by atoms with Gasteiger partial charge in [0.25, 0.3) is 0 Å². The van der Waals surface area contributed by atoms with E-state index < -0.39 is 0 Å². The van der Waals surface area contributed by atoms with Gasteiger partial charge in [-0.2, -0.15) is 0 Å². The number of fused-ring (bicyclic) bond motifs is 1. The van der Waals surface area contributed by atoms with E-state index in [-0.39, 0.29) is 5.91 Å². The third-order valence-corrected chi connectivity index (χ3v) is 4.49. The lowest BCUT2D eigenvalue weighted by atomic mass is 10.0. The lowest BCUT2D eigenvalue weighted by molar-refractivity contribution is -0.125. The Morgan fingerprint density at radius 2 is 1.90 bits per heavy atom. The highest BCUT2D eigenvalue weighted by molar-refractivity contribution is 5.79. The van der Waals surface area contributed by atoms with Gasteiger partial charge in [-0.25, -0.2) is 0 Å². The topological polar surface area (TPSA) is 38.3 Å². The minimum atomic E-state index is 0.264. The summed E-state index contributed by atoms with van der Waals surface area (Å²) in [5.41, 5.74) is 1.20. The first kappa shape index (κ1) is 13.6. The first-order valence-corrected chi connectivity index (χ1v) is 7.72. The van der Waals surface area contributed by atoms with Crippen LogP contribution in [0.2, 0.25) is 0 Å². The normalized spacial score (nSPS) is 27.1. The zero-order valence-electron chi connectivity index (χ0n) is 11.9. The van der Waals surface area contributed by atoms with Crippen LogP contribution in [-0.2, 0) is 16.1 Å². The molecule has 20 heavy (non-hydrogen) atoms. The summed E-state index contributed by atoms with van der Waals surface area (Å²) in [6.45, 7) is 2.09. The first-order chi connectivity index (χ1) is 9.83. The van der Waals surface area contributed by atoms with Crippen LogP contribution in [0.25, 0.3) is 0 Å². The molecule has 1 N–H and O–H groups in total. The second-order valence-electron chi connectivity index (χ2n) is 6.11. The van der Waals surface area contributed by atoms with E-state index in [0.717, 1.165) is 37.6 Å². The largest absolute Gasteiger partial charge is 0.377 e. The summed E-state index contributed by atoms with van der Waals surface area (Å²) in [4.78, 5) is 11.9. The van der Waals surface area contributed by atoms with Crippen LogP contribution in [0.5, 0.6) is 0 Å². The smallest absolute Gasteiger partial charge is 0.223 e. The van der Waals surface area contributed by atoms with Crippen molar-refractivity contribution in [1.82, 2.24) is 5.32 Å². The van der Waals surface area contributed by atoms with Crippen molar-refractivity contribution in [3.05, 3.63) is 35.9 Å². The van der Waals surface area contributed by atoms with Gasteiger partial charge in [-0.1, -0.05) is 30.3 Å². The molecule has 1 aromatic carbocycles. The Hall–Kier alpha value is -1.35. The lowest BCUT2D eigenvalue weighted by Gasteiger charge is -2.12. The van der Waals surface area contributed by atoms with Crippen LogP contribution in [0, 0.1) is 17.8 Å². The van der Waals surface area contributed by atoms with Crippen molar-refractivity contribution in [3.8, 4) is 0 Å². The van der Waals surface area contributed by atoms with E-state index in [2.05, 4.69) is 17.4 Å². The number of nitrogens with one attached hydrogen (secondary N) is 1. The van der Waals surface area contributed by atoms with E-state index in [1.54, 1.807) is 0 Å². The molecular weight excluding hydrogens is 250 g/mol. The van der Waals surface area contributed by atoms with Gasteiger partial charge >= 0.3 is 0 Å². The van der Waals surface area contributed by atoms with Crippen molar-refractivity contribution in [1.29, 1.82) is 0 Å². The second kappa shape index (κ2) is 6.40. The predicted octanol–water partition coefficient (Wildman–Crippen LogP) is 2.76. The maximum absolute atomic E-state index is 11.9. The molecule has 2 aliphatic rings. The molecule has 108 valence electrons. The number of carbonyl (C=O) groups excluding carboxylic acids is 1. The molecule has 0 aliphatic heterocycles. The molecular formula is C17H23NO2. The molecule has 1 amide bonds. The number of ether oxygens (including phenoxy) is 1. The zero-order valence-corrected chi connectivity index (χ0v) is 11.9. The SMILES string of the molecule is O=C(NCCCOCc1ccccc1)C1CC2CC2C1. The van der Waals surface area contributed by atoms with E-state index in [1.165, 1.54) is 12.0 Å². The highest BCUT2D eigenvalue weighted by atomic mass is 16.5. The molecule has 0 spiro atoms. The van der Waals surface area contributed by atoms with Crippen LogP contribution >= 0.6 is 0 Å². The molecule has 2 fully saturated rings.